The van der Waals surface area contributed by atoms with Crippen molar-refractivity contribution in [1.29, 1.82) is 0 Å². The van der Waals surface area contributed by atoms with Crippen molar-refractivity contribution in [3.63, 3.8) is 0 Å². The first kappa shape index (κ1) is 34.5. The molecule has 40 heavy (non-hydrogen) atoms. The van der Waals surface area contributed by atoms with Gasteiger partial charge in [0.05, 0.1) is 6.61 Å². The predicted octanol–water partition coefficient (Wildman–Crippen LogP) is 6.06. The van der Waals surface area contributed by atoms with Gasteiger partial charge in [-0.15, -0.1) is 0 Å². The van der Waals surface area contributed by atoms with Crippen molar-refractivity contribution >= 4 is 0 Å². The quantitative estimate of drug-likeness (QED) is 0.184. The molecule has 0 heterocycles. The smallest absolute Gasteiger partial charge is 0.119 e. The number of ether oxygens (including phenoxy) is 1. The number of aryl methyl sites for hydroxylation is 2. The van der Waals surface area contributed by atoms with Crippen LogP contribution >= 0.6 is 0 Å². The molecule has 0 saturated heterocycles. The Hall–Kier alpha value is -3.48. The Kier molecular flexibility index (Phi) is 21.2. The van der Waals surface area contributed by atoms with Gasteiger partial charge in [-0.1, -0.05) is 116 Å². The van der Waals surface area contributed by atoms with Crippen LogP contribution in [-0.4, -0.2) is 53.5 Å². The minimum atomic E-state index is 0.0644. The van der Waals surface area contributed by atoms with Gasteiger partial charge in [0, 0.05) is 25.7 Å². The Morgan fingerprint density at radius 1 is 0.525 bits per heavy atom. The number of rotatable bonds is 11. The molecule has 0 radical (unpaired) electrons. The summed E-state index contributed by atoms with van der Waals surface area (Å²) in [5.41, 5.74) is 3.80. The van der Waals surface area contributed by atoms with Gasteiger partial charge in [-0.2, -0.15) is 0 Å². The maximum atomic E-state index is 8.79. The standard InChI is InChI=1S/3C9H12O.C8H10O2/c1-8(7-10)9-5-3-2-4-6-9;2*10-8-4-7-9-5-2-1-3-6-9;9-6-7-10-8-4-2-1-3-5-8/h2-6,8,10H,7H2,1H3;2*1-3,5-6,10H,4,7-8H2;1-5,9H,6-7H2. The zero-order valence-corrected chi connectivity index (χ0v) is 23.7. The topological polar surface area (TPSA) is 90.2 Å². The summed E-state index contributed by atoms with van der Waals surface area (Å²) in [6.07, 6.45) is 3.70. The normalized spacial score (nSPS) is 10.4. The molecule has 0 aromatic heterocycles. The van der Waals surface area contributed by atoms with Crippen molar-refractivity contribution < 1.29 is 25.2 Å². The first-order valence-electron chi connectivity index (χ1n) is 13.9. The minimum Gasteiger partial charge on any atom is -0.491 e. The van der Waals surface area contributed by atoms with Gasteiger partial charge in [0.15, 0.2) is 0 Å². The van der Waals surface area contributed by atoms with Crippen LogP contribution in [0.4, 0.5) is 0 Å². The van der Waals surface area contributed by atoms with E-state index in [1.807, 2.05) is 104 Å². The van der Waals surface area contributed by atoms with E-state index >= 15 is 0 Å². The third kappa shape index (κ3) is 17.9. The zero-order valence-electron chi connectivity index (χ0n) is 23.7. The summed E-state index contributed by atoms with van der Waals surface area (Å²) in [4.78, 5) is 0. The molecule has 216 valence electrons. The van der Waals surface area contributed by atoms with Crippen LogP contribution in [0.25, 0.3) is 0 Å². The van der Waals surface area contributed by atoms with Crippen LogP contribution in [0.2, 0.25) is 0 Å². The fraction of sp³-hybridized carbons (Fsp3) is 0.314. The molecule has 0 aliphatic heterocycles. The SMILES string of the molecule is CC(CO)c1ccccc1.OCCCc1ccccc1.OCCCc1ccccc1.OCCOc1ccccc1. The number of hydrogen-bond donors (Lipinski definition) is 4. The summed E-state index contributed by atoms with van der Waals surface area (Å²) in [7, 11) is 0. The molecule has 0 amide bonds. The minimum absolute atomic E-state index is 0.0644. The summed E-state index contributed by atoms with van der Waals surface area (Å²) in [6, 6.07) is 39.8. The average molecular weight is 547 g/mol. The van der Waals surface area contributed by atoms with Crippen molar-refractivity contribution in [2.24, 2.45) is 0 Å². The van der Waals surface area contributed by atoms with E-state index in [1.54, 1.807) is 0 Å². The van der Waals surface area contributed by atoms with E-state index in [9.17, 15) is 0 Å². The molecular weight excluding hydrogens is 500 g/mol. The highest BCUT2D eigenvalue weighted by molar-refractivity contribution is 5.21. The van der Waals surface area contributed by atoms with Crippen LogP contribution in [0.15, 0.2) is 121 Å². The van der Waals surface area contributed by atoms with Gasteiger partial charge in [0.2, 0.25) is 0 Å². The van der Waals surface area contributed by atoms with Crippen LogP contribution < -0.4 is 4.74 Å². The fourth-order valence-electron chi connectivity index (χ4n) is 3.42. The first-order chi connectivity index (χ1) is 19.6. The molecule has 0 aliphatic rings. The summed E-state index contributed by atoms with van der Waals surface area (Å²) >= 11 is 0. The number of aliphatic hydroxyl groups excluding tert-OH is 4. The van der Waals surface area contributed by atoms with Crippen molar-refractivity contribution in [1.82, 2.24) is 0 Å². The van der Waals surface area contributed by atoms with Gasteiger partial charge in [0.25, 0.3) is 0 Å². The van der Waals surface area contributed by atoms with E-state index in [0.717, 1.165) is 31.4 Å². The lowest BCUT2D eigenvalue weighted by Gasteiger charge is -2.05. The van der Waals surface area contributed by atoms with E-state index < -0.39 is 0 Å². The lowest BCUT2D eigenvalue weighted by molar-refractivity contribution is 0.201. The zero-order chi connectivity index (χ0) is 29.1. The monoisotopic (exact) mass is 546 g/mol. The highest BCUT2D eigenvalue weighted by Crippen LogP contribution is 2.12. The Morgan fingerprint density at radius 3 is 1.30 bits per heavy atom. The third-order valence-corrected chi connectivity index (χ3v) is 5.68. The molecule has 0 spiro atoms. The molecule has 5 heteroatoms. The molecule has 1 unspecified atom stereocenters. The van der Waals surface area contributed by atoms with Gasteiger partial charge in [0.1, 0.15) is 12.4 Å². The largest absolute Gasteiger partial charge is 0.491 e. The second-order valence-corrected chi connectivity index (χ2v) is 9.00. The van der Waals surface area contributed by atoms with E-state index in [4.69, 9.17) is 25.2 Å². The highest BCUT2D eigenvalue weighted by atomic mass is 16.5. The maximum Gasteiger partial charge on any atom is 0.119 e. The molecule has 4 aromatic carbocycles. The molecule has 0 aliphatic carbocycles. The van der Waals surface area contributed by atoms with Crippen LogP contribution in [0.3, 0.4) is 0 Å². The molecule has 0 fully saturated rings. The molecule has 4 rings (SSSR count). The van der Waals surface area contributed by atoms with Crippen molar-refractivity contribution in [2.75, 3.05) is 33.0 Å². The Bertz CT molecular complexity index is 941. The van der Waals surface area contributed by atoms with Crippen LogP contribution in [0, 0.1) is 0 Å². The summed E-state index contributed by atoms with van der Waals surface area (Å²) in [6.45, 7) is 3.24. The van der Waals surface area contributed by atoms with E-state index in [1.165, 1.54) is 16.7 Å². The van der Waals surface area contributed by atoms with Crippen molar-refractivity contribution in [2.45, 2.75) is 38.5 Å². The van der Waals surface area contributed by atoms with Gasteiger partial charge >= 0.3 is 0 Å². The van der Waals surface area contributed by atoms with Gasteiger partial charge in [-0.3, -0.25) is 0 Å². The van der Waals surface area contributed by atoms with Crippen LogP contribution in [-0.2, 0) is 12.8 Å². The molecule has 5 nitrogen and oxygen atoms in total. The highest BCUT2D eigenvalue weighted by Gasteiger charge is 2.00. The Morgan fingerprint density at radius 2 is 0.925 bits per heavy atom. The first-order valence-corrected chi connectivity index (χ1v) is 13.9. The Balaban J connectivity index is 0.000000267. The van der Waals surface area contributed by atoms with Gasteiger partial charge in [-0.05, 0) is 54.5 Å². The predicted molar refractivity (Wildman–Crippen MR) is 165 cm³/mol. The lowest BCUT2D eigenvalue weighted by atomic mass is 10.0. The van der Waals surface area contributed by atoms with Gasteiger partial charge in [-0.25, -0.2) is 0 Å². The molecule has 0 bridgehead atoms. The second kappa shape index (κ2) is 24.6. The second-order valence-electron chi connectivity index (χ2n) is 9.00. The van der Waals surface area contributed by atoms with E-state index in [-0.39, 0.29) is 32.3 Å². The molecule has 0 saturated carbocycles. The third-order valence-electron chi connectivity index (χ3n) is 5.68. The number of para-hydroxylation sites is 1. The number of aliphatic hydroxyl groups is 4. The average Bonchev–Trinajstić information content (AvgIpc) is 3.04. The van der Waals surface area contributed by atoms with Crippen LogP contribution in [0.5, 0.6) is 5.75 Å². The lowest BCUT2D eigenvalue weighted by Crippen LogP contribution is -2.00. The van der Waals surface area contributed by atoms with Crippen molar-refractivity contribution in [3.05, 3.63) is 138 Å². The molecule has 1 atom stereocenters. The summed E-state index contributed by atoms with van der Waals surface area (Å²) < 4.78 is 5.11. The molecule has 4 N–H and O–H groups in total. The molecular formula is C35H46O5. The molecule has 4 aromatic rings. The number of hydrogen-bond acceptors (Lipinski definition) is 5. The maximum absolute atomic E-state index is 8.79. The van der Waals surface area contributed by atoms with Crippen molar-refractivity contribution in [3.8, 4) is 5.75 Å². The van der Waals surface area contributed by atoms with E-state index in [2.05, 4.69) is 24.3 Å². The summed E-state index contributed by atoms with van der Waals surface area (Å²) in [5, 5.41) is 34.2. The van der Waals surface area contributed by atoms with Gasteiger partial charge < -0.3 is 25.2 Å². The summed E-state index contributed by atoms with van der Waals surface area (Å²) in [5.74, 6) is 1.07. The van der Waals surface area contributed by atoms with Crippen LogP contribution in [0.1, 0.15) is 42.4 Å². The fourth-order valence-corrected chi connectivity index (χ4v) is 3.42. The Labute approximate surface area is 240 Å². The number of benzene rings is 4. The van der Waals surface area contributed by atoms with E-state index in [0.29, 0.717) is 6.61 Å².